The van der Waals surface area contributed by atoms with E-state index in [-0.39, 0.29) is 59.1 Å². The third kappa shape index (κ3) is 563. The van der Waals surface area contributed by atoms with Crippen molar-refractivity contribution in [3.05, 3.63) is 0 Å². The van der Waals surface area contributed by atoms with Crippen molar-refractivity contribution in [3.63, 3.8) is 0 Å². The van der Waals surface area contributed by atoms with E-state index in [1.54, 1.807) is 0 Å². The van der Waals surface area contributed by atoms with E-state index in [0.717, 1.165) is 0 Å². The molecular weight excluding hydrogens is 222 g/mol. The first-order valence-corrected chi connectivity index (χ1v) is 3.40. The quantitative estimate of drug-likeness (QED) is 0.389. The summed E-state index contributed by atoms with van der Waals surface area (Å²) in [6, 6.07) is 0. The molecule has 0 amide bonds. The number of rotatable bonds is 0. The molecule has 0 atom stereocenters. The summed E-state index contributed by atoms with van der Waals surface area (Å²) in [5.41, 5.74) is 0. The molecule has 0 aromatic carbocycles. The van der Waals surface area contributed by atoms with Gasteiger partial charge in [0.25, 0.3) is 0 Å². The summed E-state index contributed by atoms with van der Waals surface area (Å²) in [4.78, 5) is 8.56. The fourth-order valence-corrected chi connectivity index (χ4v) is 0. The first-order valence-electron chi connectivity index (χ1n) is 1.32. The molecule has 11 heavy (non-hydrogen) atoms. The van der Waals surface area contributed by atoms with Crippen LogP contribution in [0, 0.1) is 0 Å². The van der Waals surface area contributed by atoms with Crippen LogP contribution in [0.5, 0.6) is 0 Å². The van der Waals surface area contributed by atoms with E-state index in [4.69, 9.17) is 30.9 Å². The van der Waals surface area contributed by atoms with Gasteiger partial charge in [0.05, 0.1) is 0 Å². The Morgan fingerprint density at radius 2 is 1.09 bits per heavy atom. The van der Waals surface area contributed by atoms with Crippen molar-refractivity contribution in [1.82, 2.24) is 0 Å². The standard InChI is InChI=1S/CH2O3.Cr.2Na.4O/c2-1(3)4;;;;;;;/h(H2,2,3,4);;;;;;;/q;;2*+1;;;2*-1. The Balaban J connectivity index is -0.0000000383. The van der Waals surface area contributed by atoms with Crippen LogP contribution >= 0.6 is 0 Å². The molecule has 0 radical (unpaired) electrons. The summed E-state index contributed by atoms with van der Waals surface area (Å²) < 4.78 is 34.4. The third-order valence-electron chi connectivity index (χ3n) is 0. The van der Waals surface area contributed by atoms with Gasteiger partial charge in [0.1, 0.15) is 0 Å². The predicted molar refractivity (Wildman–Crippen MR) is 12.0 cm³/mol. The molecule has 56 valence electrons. The topological polar surface area (TPSA) is 138 Å². The van der Waals surface area contributed by atoms with Gasteiger partial charge in [-0.15, -0.1) is 0 Å². The van der Waals surface area contributed by atoms with Crippen molar-refractivity contribution in [2.75, 3.05) is 0 Å². The molecule has 7 nitrogen and oxygen atoms in total. The van der Waals surface area contributed by atoms with Crippen LogP contribution in [0.2, 0.25) is 0 Å². The zero-order chi connectivity index (χ0) is 8.08. The van der Waals surface area contributed by atoms with Crippen LogP contribution in [-0.2, 0) is 21.2 Å². The molecule has 0 heterocycles. The maximum atomic E-state index is 8.59. The second kappa shape index (κ2) is 11.3. The predicted octanol–water partition coefficient (Wildman–Crippen LogP) is -8.39. The van der Waals surface area contributed by atoms with Crippen LogP contribution in [0.3, 0.4) is 0 Å². The Hall–Kier alpha value is 1.32. The Morgan fingerprint density at radius 3 is 1.09 bits per heavy atom. The summed E-state index contributed by atoms with van der Waals surface area (Å²) in [7, 11) is 0. The average molecular weight is 224 g/mol. The molecule has 0 aliphatic rings. The van der Waals surface area contributed by atoms with Gasteiger partial charge in [0, 0.05) is 0 Å². The molecule has 0 spiro atoms. The molecule has 10 heteroatoms. The number of hydrogen-bond donors (Lipinski definition) is 2. The van der Waals surface area contributed by atoms with Crippen LogP contribution in [0.25, 0.3) is 0 Å². The van der Waals surface area contributed by atoms with E-state index in [1.165, 1.54) is 0 Å². The van der Waals surface area contributed by atoms with E-state index in [1.807, 2.05) is 0 Å². The zero-order valence-electron chi connectivity index (χ0n) is 5.84. The Kier molecular flexibility index (Phi) is 23.5. The molecule has 0 aliphatic heterocycles. The van der Waals surface area contributed by atoms with E-state index in [0.29, 0.717) is 0 Å². The van der Waals surface area contributed by atoms with E-state index < -0.39 is 19.8 Å². The average Bonchev–Trinajstić information content (AvgIpc) is 1.19. The van der Waals surface area contributed by atoms with Gasteiger partial charge in [-0.2, -0.15) is 0 Å². The molecule has 0 rings (SSSR count). The normalized spacial score (nSPS) is 7.45. The molecule has 2 N–H and O–H groups in total. The molecule has 0 saturated heterocycles. The Morgan fingerprint density at radius 1 is 1.09 bits per heavy atom. The fourth-order valence-electron chi connectivity index (χ4n) is 0. The van der Waals surface area contributed by atoms with Crippen LogP contribution in [0.15, 0.2) is 0 Å². The van der Waals surface area contributed by atoms with Crippen LogP contribution in [0.1, 0.15) is 0 Å². The first-order chi connectivity index (χ1) is 3.73. The molecule has 0 saturated carbocycles. The first kappa shape index (κ1) is 22.8. The van der Waals surface area contributed by atoms with Gasteiger partial charge in [-0.25, -0.2) is 4.79 Å². The summed E-state index contributed by atoms with van der Waals surface area (Å²) in [6.07, 6.45) is -1.83. The van der Waals surface area contributed by atoms with Gasteiger partial charge in [-0.05, 0) is 0 Å². The van der Waals surface area contributed by atoms with Gasteiger partial charge >= 0.3 is 94.8 Å². The van der Waals surface area contributed by atoms with Crippen LogP contribution in [-0.4, -0.2) is 16.4 Å². The summed E-state index contributed by atoms with van der Waals surface area (Å²) in [6.45, 7) is 0. The third-order valence-corrected chi connectivity index (χ3v) is 0. The number of carboxylic acid groups (broad SMARTS) is 2. The van der Waals surface area contributed by atoms with Gasteiger partial charge in [0.2, 0.25) is 0 Å². The number of carbonyl (C=O) groups is 1. The van der Waals surface area contributed by atoms with Crippen LogP contribution in [0.4, 0.5) is 4.79 Å². The van der Waals surface area contributed by atoms with Crippen molar-refractivity contribution < 1.29 is 104 Å². The van der Waals surface area contributed by atoms with E-state index >= 15 is 0 Å². The van der Waals surface area contributed by atoms with Gasteiger partial charge < -0.3 is 10.2 Å². The van der Waals surface area contributed by atoms with Gasteiger partial charge in [0.15, 0.2) is 0 Å². The van der Waals surface area contributed by atoms with Crippen molar-refractivity contribution in [2.24, 2.45) is 0 Å². The minimum absolute atomic E-state index is 0. The summed E-state index contributed by atoms with van der Waals surface area (Å²) in [5.74, 6) is 0. The second-order valence-corrected chi connectivity index (χ2v) is 1.97. The minimum atomic E-state index is -5.75. The van der Waals surface area contributed by atoms with Gasteiger partial charge in [-0.3, -0.25) is 0 Å². The maximum absolute atomic E-state index is 8.59. The van der Waals surface area contributed by atoms with Crippen molar-refractivity contribution in [3.8, 4) is 0 Å². The van der Waals surface area contributed by atoms with Crippen molar-refractivity contribution in [2.45, 2.75) is 0 Å². The summed E-state index contributed by atoms with van der Waals surface area (Å²) in [5, 5.41) is 13.9. The summed E-state index contributed by atoms with van der Waals surface area (Å²) >= 11 is -5.75. The molecule has 0 fully saturated rings. The SMILES string of the molecule is O=C(O)O.[Na+].[Na+].[O]=[Cr](=[O])([O-])[O-]. The van der Waals surface area contributed by atoms with Crippen LogP contribution < -0.4 is 67.4 Å². The fraction of sp³-hybridized carbons (Fsp3) is 0. The Bertz CT molecular complexity index is 159. The second-order valence-electron chi connectivity index (χ2n) is 0.691. The molecule has 0 bridgehead atoms. The molecule has 0 unspecified atom stereocenters. The molecule has 0 aliphatic carbocycles. The number of hydrogen-bond acceptors (Lipinski definition) is 5. The van der Waals surface area contributed by atoms with Crippen molar-refractivity contribution in [1.29, 1.82) is 0 Å². The monoisotopic (exact) mass is 224 g/mol. The van der Waals surface area contributed by atoms with Crippen molar-refractivity contribution >= 4 is 6.16 Å². The molecule has 0 aromatic rings. The van der Waals surface area contributed by atoms with E-state index in [2.05, 4.69) is 0 Å². The van der Waals surface area contributed by atoms with Gasteiger partial charge in [-0.1, -0.05) is 0 Å². The molecular formula is CH2CrNa2O7. The van der Waals surface area contributed by atoms with E-state index in [9.17, 15) is 0 Å². The molecule has 0 aromatic heterocycles. The zero-order valence-corrected chi connectivity index (χ0v) is 11.1. The Labute approximate surface area is 108 Å².